The number of ether oxygens (including phenoxy) is 6. The average Bonchev–Trinajstić information content (AvgIpc) is 4.08. The van der Waals surface area contributed by atoms with Crippen molar-refractivity contribution in [3.05, 3.63) is 0 Å². The first-order chi connectivity index (χ1) is 30.6. The molecule has 6 N–H and O–H groups in total. The number of esters is 2. The Labute approximate surface area is 376 Å². The van der Waals surface area contributed by atoms with Crippen molar-refractivity contribution in [1.82, 2.24) is 0 Å². The number of carbonyl (C=O) groups excluding carboxylic acids is 2. The fourth-order valence-electron chi connectivity index (χ4n) is 8.22. The number of rotatable bonds is 38. The molecule has 10 atom stereocenters. The molecule has 3 aliphatic rings. The van der Waals surface area contributed by atoms with Crippen LogP contribution in [0.4, 0.5) is 0 Å². The summed E-state index contributed by atoms with van der Waals surface area (Å²) in [6, 6.07) is 0. The van der Waals surface area contributed by atoms with Crippen LogP contribution < -0.4 is 0 Å². The predicted octanol–water partition coefficient (Wildman–Crippen LogP) is 6.34. The molecule has 3 heterocycles. The van der Waals surface area contributed by atoms with Crippen molar-refractivity contribution in [3.63, 3.8) is 0 Å². The van der Waals surface area contributed by atoms with Crippen LogP contribution in [0.5, 0.6) is 0 Å². The van der Waals surface area contributed by atoms with Gasteiger partial charge in [-0.25, -0.2) is 0 Å². The van der Waals surface area contributed by atoms with E-state index in [4.69, 9.17) is 38.2 Å². The molecule has 3 saturated heterocycles. The Bertz CT molecular complexity index is 1170. The quantitative estimate of drug-likeness (QED) is 0.0172. The van der Waals surface area contributed by atoms with Gasteiger partial charge in [0.2, 0.25) is 6.29 Å². The van der Waals surface area contributed by atoms with Gasteiger partial charge in [0.1, 0.15) is 49.3 Å². The van der Waals surface area contributed by atoms with Crippen LogP contribution in [0.25, 0.3) is 0 Å². The normalized spacial score (nSPS) is 27.1. The SMILES string of the molecule is CCCCCCCCCCCCCCCC(=O)OC[C@H](CO[C@@H]1O[C@H](CO[C@H]2O[C@H](CO)[C@H](O)[C@H](O)C23OO3)[C@H](O)[C@H](O)[C@H]1O)OC(=O)CCCCCCCCCCCCCCC. The Morgan fingerprint density at radius 1 is 0.524 bits per heavy atom. The van der Waals surface area contributed by atoms with E-state index < -0.39 is 92.4 Å². The van der Waals surface area contributed by atoms with Crippen LogP contribution in [0.1, 0.15) is 194 Å². The first kappa shape index (κ1) is 55.8. The molecule has 0 aromatic heterocycles. The van der Waals surface area contributed by atoms with Gasteiger partial charge in [-0.2, -0.15) is 9.78 Å². The van der Waals surface area contributed by atoms with Crippen LogP contribution in [0.2, 0.25) is 0 Å². The minimum atomic E-state index is -1.88. The van der Waals surface area contributed by atoms with Crippen molar-refractivity contribution in [3.8, 4) is 0 Å². The van der Waals surface area contributed by atoms with Gasteiger partial charge in [-0.05, 0) is 12.8 Å². The van der Waals surface area contributed by atoms with Crippen molar-refractivity contribution in [2.24, 2.45) is 0 Å². The molecule has 0 unspecified atom stereocenters. The standard InChI is InChI=1S/C47H86O16/c1-3-5-7-9-11-13-15-17-19-21-23-25-27-29-38(49)56-32-35(59-39(50)30-28-26-24-22-20-18-16-14-12-10-8-6-4-2)33-57-45-43(54)42(53)40(51)37(60-45)34-58-46-47(62-63-47)44(55)41(52)36(31-48)61-46/h35-37,40-46,48,51-55H,3-34H2,1-2H3/t35-,36-,37-,40+,41+,42+,43-,44+,45-,46+/m1/s1. The molecule has 0 bridgehead atoms. The molecule has 0 amide bonds. The molecule has 3 rings (SSSR count). The lowest BCUT2D eigenvalue weighted by molar-refractivity contribution is -0.331. The maximum absolute atomic E-state index is 13.0. The number of hydrogen-bond donors (Lipinski definition) is 6. The average molecular weight is 907 g/mol. The number of carbonyl (C=O) groups is 2. The first-order valence-corrected chi connectivity index (χ1v) is 24.8. The van der Waals surface area contributed by atoms with Gasteiger partial charge in [0, 0.05) is 12.8 Å². The number of aliphatic hydroxyl groups excluding tert-OH is 6. The van der Waals surface area contributed by atoms with Crippen LogP contribution in [0.3, 0.4) is 0 Å². The van der Waals surface area contributed by atoms with E-state index in [9.17, 15) is 40.2 Å². The summed E-state index contributed by atoms with van der Waals surface area (Å²) in [5, 5.41) is 62.4. The summed E-state index contributed by atoms with van der Waals surface area (Å²) in [5.74, 6) is -2.79. The van der Waals surface area contributed by atoms with E-state index in [1.165, 1.54) is 116 Å². The second kappa shape index (κ2) is 33.0. The van der Waals surface area contributed by atoms with Crippen molar-refractivity contribution < 1.29 is 78.4 Å². The zero-order valence-corrected chi connectivity index (χ0v) is 38.7. The molecule has 16 nitrogen and oxygen atoms in total. The molecular formula is C47H86O16. The molecule has 1 spiro atoms. The van der Waals surface area contributed by atoms with Gasteiger partial charge in [0.25, 0.3) is 0 Å². The molecule has 16 heteroatoms. The van der Waals surface area contributed by atoms with Crippen LogP contribution >= 0.6 is 0 Å². The predicted molar refractivity (Wildman–Crippen MR) is 233 cm³/mol. The van der Waals surface area contributed by atoms with E-state index in [1.807, 2.05) is 0 Å². The fraction of sp³-hybridized carbons (Fsp3) is 0.957. The molecule has 0 saturated carbocycles. The van der Waals surface area contributed by atoms with Gasteiger partial charge in [-0.15, -0.1) is 0 Å². The van der Waals surface area contributed by atoms with Crippen LogP contribution in [-0.2, 0) is 47.8 Å². The summed E-state index contributed by atoms with van der Waals surface area (Å²) in [6.07, 6.45) is 16.2. The molecule has 3 aliphatic heterocycles. The summed E-state index contributed by atoms with van der Waals surface area (Å²) in [5.41, 5.74) is 0. The summed E-state index contributed by atoms with van der Waals surface area (Å²) in [6.45, 7) is 2.66. The van der Waals surface area contributed by atoms with Crippen LogP contribution in [0, 0.1) is 0 Å². The summed E-state index contributed by atoms with van der Waals surface area (Å²) in [7, 11) is 0. The lowest BCUT2D eigenvalue weighted by Gasteiger charge is -2.42. The Morgan fingerprint density at radius 2 is 0.984 bits per heavy atom. The van der Waals surface area contributed by atoms with Gasteiger partial charge in [-0.3, -0.25) is 9.59 Å². The lowest BCUT2D eigenvalue weighted by atomic mass is 9.97. The third-order valence-electron chi connectivity index (χ3n) is 12.4. The molecular weight excluding hydrogens is 821 g/mol. The lowest BCUT2D eigenvalue weighted by Crippen LogP contribution is -2.63. The third kappa shape index (κ3) is 21.3. The number of aliphatic hydroxyl groups is 6. The largest absolute Gasteiger partial charge is 0.462 e. The number of hydrogen-bond acceptors (Lipinski definition) is 16. The first-order valence-electron chi connectivity index (χ1n) is 24.8. The van der Waals surface area contributed by atoms with Gasteiger partial charge >= 0.3 is 17.7 Å². The molecule has 370 valence electrons. The maximum atomic E-state index is 13.0. The van der Waals surface area contributed by atoms with Gasteiger partial charge < -0.3 is 59.1 Å². The van der Waals surface area contributed by atoms with E-state index in [1.54, 1.807) is 0 Å². The van der Waals surface area contributed by atoms with E-state index in [0.29, 0.717) is 12.8 Å². The van der Waals surface area contributed by atoms with Crippen molar-refractivity contribution in [1.29, 1.82) is 0 Å². The van der Waals surface area contributed by atoms with E-state index >= 15 is 0 Å². The van der Waals surface area contributed by atoms with Crippen molar-refractivity contribution in [2.45, 2.75) is 261 Å². The molecule has 3 fully saturated rings. The van der Waals surface area contributed by atoms with Gasteiger partial charge in [0.15, 0.2) is 12.4 Å². The third-order valence-corrected chi connectivity index (χ3v) is 12.4. The second-order valence-corrected chi connectivity index (χ2v) is 18.0. The van der Waals surface area contributed by atoms with Gasteiger partial charge in [-0.1, -0.05) is 168 Å². The monoisotopic (exact) mass is 907 g/mol. The van der Waals surface area contributed by atoms with E-state index in [2.05, 4.69) is 13.8 Å². The molecule has 0 aromatic rings. The minimum absolute atomic E-state index is 0.176. The Balaban J connectivity index is 1.43. The zero-order valence-electron chi connectivity index (χ0n) is 38.7. The minimum Gasteiger partial charge on any atom is -0.462 e. The smallest absolute Gasteiger partial charge is 0.311 e. The Morgan fingerprint density at radius 3 is 1.44 bits per heavy atom. The van der Waals surface area contributed by atoms with Crippen molar-refractivity contribution in [2.75, 3.05) is 26.4 Å². The highest BCUT2D eigenvalue weighted by molar-refractivity contribution is 5.70. The summed E-state index contributed by atoms with van der Waals surface area (Å²) in [4.78, 5) is 35.5. The molecule has 0 aliphatic carbocycles. The van der Waals surface area contributed by atoms with Gasteiger partial charge in [0.05, 0.1) is 19.8 Å². The molecule has 0 aromatic carbocycles. The highest BCUT2D eigenvalue weighted by Gasteiger charge is 2.70. The molecule has 0 radical (unpaired) electrons. The fourth-order valence-corrected chi connectivity index (χ4v) is 8.22. The van der Waals surface area contributed by atoms with Crippen LogP contribution in [-0.4, -0.2) is 136 Å². The highest BCUT2D eigenvalue weighted by atomic mass is 17.4. The highest BCUT2D eigenvalue weighted by Crippen LogP contribution is 2.45. The Kier molecular flexibility index (Phi) is 29.2. The van der Waals surface area contributed by atoms with Crippen LogP contribution in [0.15, 0.2) is 0 Å². The number of unbranched alkanes of at least 4 members (excludes halogenated alkanes) is 24. The Hall–Kier alpha value is -1.54. The maximum Gasteiger partial charge on any atom is 0.311 e. The summed E-state index contributed by atoms with van der Waals surface area (Å²) >= 11 is 0. The van der Waals surface area contributed by atoms with E-state index in [0.717, 1.165) is 38.5 Å². The van der Waals surface area contributed by atoms with E-state index in [-0.39, 0.29) is 26.1 Å². The topological polar surface area (TPSA) is 236 Å². The van der Waals surface area contributed by atoms with Crippen molar-refractivity contribution >= 4 is 11.9 Å². The summed E-state index contributed by atoms with van der Waals surface area (Å²) < 4.78 is 34.0. The zero-order chi connectivity index (χ0) is 45.7. The second-order valence-electron chi connectivity index (χ2n) is 18.0. The molecule has 63 heavy (non-hydrogen) atoms.